The molecule has 4 aromatic rings. The standard InChI is InChI=1S/C24H19ClN4O2/c1-31-22-9-16(5-6-19(22)12-26)14-29-15-27-13-21(29)24(17-3-2-4-20(25)10-17)18-7-8-28-23(30)11-18/h2-11,13,15,24H,14H2,1H3,(H,28,30). The van der Waals surface area contributed by atoms with Gasteiger partial charge in [-0.05, 0) is 47.0 Å². The van der Waals surface area contributed by atoms with Gasteiger partial charge >= 0.3 is 0 Å². The first-order valence-electron chi connectivity index (χ1n) is 9.60. The van der Waals surface area contributed by atoms with Crippen LogP contribution in [0.5, 0.6) is 5.75 Å². The zero-order valence-electron chi connectivity index (χ0n) is 16.7. The van der Waals surface area contributed by atoms with E-state index in [1.54, 1.807) is 38.0 Å². The molecule has 4 rings (SSSR count). The van der Waals surface area contributed by atoms with Crippen molar-refractivity contribution in [2.45, 2.75) is 12.5 Å². The second kappa shape index (κ2) is 8.90. The molecule has 1 N–H and O–H groups in total. The van der Waals surface area contributed by atoms with Crippen LogP contribution in [0, 0.1) is 11.3 Å². The number of hydrogen-bond acceptors (Lipinski definition) is 4. The smallest absolute Gasteiger partial charge is 0.248 e. The first-order valence-corrected chi connectivity index (χ1v) is 9.98. The van der Waals surface area contributed by atoms with E-state index in [0.29, 0.717) is 22.9 Å². The third kappa shape index (κ3) is 4.37. The maximum Gasteiger partial charge on any atom is 0.248 e. The molecule has 0 spiro atoms. The number of pyridine rings is 1. The Bertz CT molecular complexity index is 1320. The summed E-state index contributed by atoms with van der Waals surface area (Å²) in [7, 11) is 1.55. The monoisotopic (exact) mass is 430 g/mol. The summed E-state index contributed by atoms with van der Waals surface area (Å²) in [4.78, 5) is 19.1. The lowest BCUT2D eigenvalue weighted by Crippen LogP contribution is -2.14. The molecule has 0 aliphatic carbocycles. The summed E-state index contributed by atoms with van der Waals surface area (Å²) in [6.45, 7) is 0.525. The van der Waals surface area contributed by atoms with E-state index < -0.39 is 0 Å². The van der Waals surface area contributed by atoms with Gasteiger partial charge in [-0.3, -0.25) is 4.79 Å². The Balaban J connectivity index is 1.79. The fourth-order valence-electron chi connectivity index (χ4n) is 3.69. The molecule has 0 saturated heterocycles. The second-order valence-corrected chi connectivity index (χ2v) is 7.50. The van der Waals surface area contributed by atoms with Crippen LogP contribution in [0.25, 0.3) is 0 Å². The Hall–Kier alpha value is -3.82. The molecular weight excluding hydrogens is 412 g/mol. The normalized spacial score (nSPS) is 11.6. The van der Waals surface area contributed by atoms with Crippen molar-refractivity contribution in [2.24, 2.45) is 0 Å². The number of H-pyrrole nitrogens is 1. The topological polar surface area (TPSA) is 83.7 Å². The van der Waals surface area contributed by atoms with Gasteiger partial charge in [-0.25, -0.2) is 4.98 Å². The number of hydrogen-bond donors (Lipinski definition) is 1. The molecule has 2 heterocycles. The first kappa shape index (κ1) is 20.5. The molecule has 7 heteroatoms. The van der Waals surface area contributed by atoms with Gasteiger partial charge in [0.2, 0.25) is 5.56 Å². The van der Waals surface area contributed by atoms with E-state index in [9.17, 15) is 10.1 Å². The number of ether oxygens (including phenoxy) is 1. The van der Waals surface area contributed by atoms with E-state index in [1.165, 1.54) is 0 Å². The molecular formula is C24H19ClN4O2. The molecule has 0 radical (unpaired) electrons. The molecule has 2 aromatic heterocycles. The molecule has 6 nitrogen and oxygen atoms in total. The van der Waals surface area contributed by atoms with Crippen LogP contribution >= 0.6 is 11.6 Å². The third-order valence-corrected chi connectivity index (χ3v) is 5.33. The van der Waals surface area contributed by atoms with Crippen molar-refractivity contribution in [3.8, 4) is 11.8 Å². The predicted octanol–water partition coefficient (Wildman–Crippen LogP) is 4.33. The summed E-state index contributed by atoms with van der Waals surface area (Å²) in [5.74, 6) is 0.298. The van der Waals surface area contributed by atoms with E-state index in [1.807, 2.05) is 47.0 Å². The predicted molar refractivity (Wildman–Crippen MR) is 118 cm³/mol. The zero-order valence-corrected chi connectivity index (χ0v) is 17.5. The lowest BCUT2D eigenvalue weighted by atomic mass is 9.89. The van der Waals surface area contributed by atoms with Crippen LogP contribution in [0.1, 0.15) is 33.9 Å². The van der Waals surface area contributed by atoms with Crippen molar-refractivity contribution in [3.05, 3.63) is 117 Å². The van der Waals surface area contributed by atoms with Crippen LogP contribution in [-0.4, -0.2) is 21.6 Å². The molecule has 2 aromatic carbocycles. The van der Waals surface area contributed by atoms with Crippen LogP contribution in [0.3, 0.4) is 0 Å². The number of aromatic nitrogens is 3. The molecule has 154 valence electrons. The average Bonchev–Trinajstić information content (AvgIpc) is 3.21. The molecule has 0 aliphatic heterocycles. The van der Waals surface area contributed by atoms with Gasteiger partial charge in [0.15, 0.2) is 0 Å². The van der Waals surface area contributed by atoms with Gasteiger partial charge in [0.25, 0.3) is 0 Å². The highest BCUT2D eigenvalue weighted by molar-refractivity contribution is 6.30. The summed E-state index contributed by atoms with van der Waals surface area (Å²) in [5.41, 5.74) is 3.98. The van der Waals surface area contributed by atoms with Gasteiger partial charge in [-0.2, -0.15) is 5.26 Å². The van der Waals surface area contributed by atoms with Gasteiger partial charge in [0.05, 0.1) is 24.9 Å². The van der Waals surface area contributed by atoms with Gasteiger partial charge < -0.3 is 14.3 Å². The third-order valence-electron chi connectivity index (χ3n) is 5.09. The Morgan fingerprint density at radius 3 is 2.77 bits per heavy atom. The van der Waals surface area contributed by atoms with E-state index >= 15 is 0 Å². The largest absolute Gasteiger partial charge is 0.495 e. The Morgan fingerprint density at radius 2 is 2.03 bits per heavy atom. The average molecular weight is 431 g/mol. The van der Waals surface area contributed by atoms with Gasteiger partial charge in [0.1, 0.15) is 11.8 Å². The highest BCUT2D eigenvalue weighted by atomic mass is 35.5. The fourth-order valence-corrected chi connectivity index (χ4v) is 3.89. The summed E-state index contributed by atoms with van der Waals surface area (Å²) in [6.07, 6.45) is 5.19. The van der Waals surface area contributed by atoms with Crippen LogP contribution in [0.15, 0.2) is 78.1 Å². The minimum atomic E-state index is -0.233. The highest BCUT2D eigenvalue weighted by Crippen LogP contribution is 2.33. The van der Waals surface area contributed by atoms with Crippen molar-refractivity contribution >= 4 is 11.6 Å². The summed E-state index contributed by atoms with van der Waals surface area (Å²) < 4.78 is 7.36. The lowest BCUT2D eigenvalue weighted by Gasteiger charge is -2.20. The van der Waals surface area contributed by atoms with Gasteiger partial charge in [-0.15, -0.1) is 0 Å². The number of nitriles is 1. The molecule has 1 atom stereocenters. The molecule has 0 amide bonds. The highest BCUT2D eigenvalue weighted by Gasteiger charge is 2.21. The minimum absolute atomic E-state index is 0.174. The quantitative estimate of drug-likeness (QED) is 0.493. The van der Waals surface area contributed by atoms with E-state index in [-0.39, 0.29) is 11.5 Å². The Kier molecular flexibility index (Phi) is 5.87. The molecule has 0 bridgehead atoms. The fraction of sp³-hybridized carbons (Fsp3) is 0.125. The first-order chi connectivity index (χ1) is 15.1. The molecule has 0 aliphatic rings. The maximum atomic E-state index is 12.0. The second-order valence-electron chi connectivity index (χ2n) is 7.07. The number of nitrogens with one attached hydrogen (secondary N) is 1. The number of rotatable bonds is 6. The Labute approximate surface area is 184 Å². The summed E-state index contributed by atoms with van der Waals surface area (Å²) >= 11 is 6.27. The summed E-state index contributed by atoms with van der Waals surface area (Å²) in [6, 6.07) is 18.7. The van der Waals surface area contributed by atoms with Gasteiger partial charge in [-0.1, -0.05) is 29.8 Å². The number of imidazole rings is 1. The van der Waals surface area contributed by atoms with Gasteiger partial charge in [0, 0.05) is 35.7 Å². The Morgan fingerprint density at radius 1 is 1.19 bits per heavy atom. The number of methoxy groups -OCH3 is 1. The number of halogens is 1. The van der Waals surface area contributed by atoms with E-state index in [4.69, 9.17) is 16.3 Å². The van der Waals surface area contributed by atoms with Crippen molar-refractivity contribution in [1.29, 1.82) is 5.26 Å². The molecule has 0 saturated carbocycles. The number of benzene rings is 2. The van der Waals surface area contributed by atoms with Crippen molar-refractivity contribution in [1.82, 2.24) is 14.5 Å². The molecule has 1 unspecified atom stereocenters. The minimum Gasteiger partial charge on any atom is -0.495 e. The zero-order chi connectivity index (χ0) is 21.8. The van der Waals surface area contributed by atoms with Crippen LogP contribution in [-0.2, 0) is 6.54 Å². The number of nitrogens with zero attached hydrogens (tertiary/aromatic N) is 3. The molecule has 0 fully saturated rings. The van der Waals surface area contributed by atoms with Crippen LogP contribution < -0.4 is 10.3 Å². The van der Waals surface area contributed by atoms with Crippen LogP contribution in [0.4, 0.5) is 0 Å². The maximum absolute atomic E-state index is 12.0. The van der Waals surface area contributed by atoms with Crippen molar-refractivity contribution < 1.29 is 4.74 Å². The van der Waals surface area contributed by atoms with Crippen LogP contribution in [0.2, 0.25) is 5.02 Å². The molecule has 31 heavy (non-hydrogen) atoms. The lowest BCUT2D eigenvalue weighted by molar-refractivity contribution is 0.413. The van der Waals surface area contributed by atoms with Crippen molar-refractivity contribution in [2.75, 3.05) is 7.11 Å². The van der Waals surface area contributed by atoms with E-state index in [2.05, 4.69) is 16.0 Å². The summed E-state index contributed by atoms with van der Waals surface area (Å²) in [5, 5.41) is 9.85. The van der Waals surface area contributed by atoms with E-state index in [0.717, 1.165) is 22.4 Å². The SMILES string of the molecule is COc1cc(Cn2cncc2C(c2cccc(Cl)c2)c2cc[nH]c(=O)c2)ccc1C#N. The number of aromatic amines is 1. The van der Waals surface area contributed by atoms with Crippen molar-refractivity contribution in [3.63, 3.8) is 0 Å².